The van der Waals surface area contributed by atoms with Gasteiger partial charge in [-0.1, -0.05) is 24.8 Å². The number of hydrogen-bond acceptors (Lipinski definition) is 4. The second kappa shape index (κ2) is 6.36. The van der Waals surface area contributed by atoms with E-state index in [1.54, 1.807) is 12.3 Å². The third kappa shape index (κ3) is 3.20. The molecular weight excluding hydrogens is 247 g/mol. The molecule has 2 aromatic rings. The Hall–Kier alpha value is -1.61. The minimum atomic E-state index is -0.494. The smallest absolute Gasteiger partial charge is 0.152 e. The van der Waals surface area contributed by atoms with Gasteiger partial charge in [-0.25, -0.2) is 9.97 Å². The highest BCUT2D eigenvalue weighted by Gasteiger charge is 2.02. The van der Waals surface area contributed by atoms with E-state index in [1.807, 2.05) is 30.3 Å². The SMILES string of the molecule is C=Cc1nccc(-c2cccc(COPO)c2)n1. The Morgan fingerprint density at radius 3 is 3.06 bits per heavy atom. The van der Waals surface area contributed by atoms with Crippen molar-refractivity contribution in [3.63, 3.8) is 0 Å². The summed E-state index contributed by atoms with van der Waals surface area (Å²) < 4.78 is 4.99. The van der Waals surface area contributed by atoms with Crippen LogP contribution in [0, 0.1) is 0 Å². The summed E-state index contributed by atoms with van der Waals surface area (Å²) in [6.07, 6.45) is 3.32. The second-order valence-corrected chi connectivity index (χ2v) is 4.06. The Bertz CT molecular complexity index is 546. The van der Waals surface area contributed by atoms with Crippen molar-refractivity contribution in [1.82, 2.24) is 9.97 Å². The standard InChI is InChI=1S/C13H13N2O2P/c1-2-13-14-7-6-12(15-13)11-5-3-4-10(8-11)9-17-18-16/h2-8,16,18H,1,9H2. The van der Waals surface area contributed by atoms with Crippen LogP contribution in [0.1, 0.15) is 11.4 Å². The van der Waals surface area contributed by atoms with E-state index in [2.05, 4.69) is 16.5 Å². The van der Waals surface area contributed by atoms with Crippen LogP contribution >= 0.6 is 9.03 Å². The molecule has 0 amide bonds. The molecular formula is C13H13N2O2P. The maximum absolute atomic E-state index is 8.66. The number of hydrogen-bond donors (Lipinski definition) is 1. The van der Waals surface area contributed by atoms with Gasteiger partial charge in [0.15, 0.2) is 14.9 Å². The number of nitrogens with zero attached hydrogens (tertiary/aromatic N) is 2. The first-order valence-corrected chi connectivity index (χ1v) is 6.24. The van der Waals surface area contributed by atoms with E-state index in [0.29, 0.717) is 12.4 Å². The van der Waals surface area contributed by atoms with Crippen LogP contribution in [0.15, 0.2) is 43.1 Å². The highest BCUT2D eigenvalue weighted by atomic mass is 31.1. The lowest BCUT2D eigenvalue weighted by molar-refractivity contribution is 0.316. The van der Waals surface area contributed by atoms with Crippen molar-refractivity contribution < 1.29 is 9.42 Å². The molecule has 4 nitrogen and oxygen atoms in total. The van der Waals surface area contributed by atoms with Gasteiger partial charge < -0.3 is 9.42 Å². The molecule has 1 unspecified atom stereocenters. The number of rotatable bonds is 5. The van der Waals surface area contributed by atoms with E-state index in [-0.39, 0.29) is 0 Å². The minimum Gasteiger partial charge on any atom is -0.352 e. The van der Waals surface area contributed by atoms with Gasteiger partial charge >= 0.3 is 0 Å². The summed E-state index contributed by atoms with van der Waals surface area (Å²) in [6.45, 7) is 4.04. The molecule has 1 aromatic heterocycles. The monoisotopic (exact) mass is 260 g/mol. The van der Waals surface area contributed by atoms with E-state index >= 15 is 0 Å². The third-order valence-electron chi connectivity index (χ3n) is 2.38. The van der Waals surface area contributed by atoms with Crippen LogP contribution in [0.4, 0.5) is 0 Å². The van der Waals surface area contributed by atoms with Gasteiger partial charge in [0, 0.05) is 11.8 Å². The molecule has 0 saturated heterocycles. The van der Waals surface area contributed by atoms with Crippen molar-refractivity contribution >= 4 is 15.1 Å². The molecule has 0 saturated carbocycles. The molecule has 0 fully saturated rings. The first-order chi connectivity index (χ1) is 8.83. The van der Waals surface area contributed by atoms with Crippen LogP contribution in [-0.4, -0.2) is 14.9 Å². The molecule has 0 aliphatic rings. The fraction of sp³-hybridized carbons (Fsp3) is 0.0769. The Morgan fingerprint density at radius 1 is 1.39 bits per heavy atom. The summed E-state index contributed by atoms with van der Waals surface area (Å²) in [4.78, 5) is 17.1. The summed E-state index contributed by atoms with van der Waals surface area (Å²) in [7, 11) is -0.494. The van der Waals surface area contributed by atoms with Crippen molar-refractivity contribution in [3.8, 4) is 11.3 Å². The molecule has 0 spiro atoms. The quantitative estimate of drug-likeness (QED) is 0.840. The van der Waals surface area contributed by atoms with Crippen molar-refractivity contribution in [1.29, 1.82) is 0 Å². The second-order valence-electron chi connectivity index (χ2n) is 3.58. The van der Waals surface area contributed by atoms with Crippen LogP contribution in [0.25, 0.3) is 17.3 Å². The van der Waals surface area contributed by atoms with Crippen molar-refractivity contribution in [3.05, 3.63) is 54.5 Å². The van der Waals surface area contributed by atoms with Crippen LogP contribution in [0.2, 0.25) is 0 Å². The molecule has 0 bridgehead atoms. The molecule has 0 aliphatic carbocycles. The Labute approximate surface area is 107 Å². The predicted octanol–water partition coefficient (Wildman–Crippen LogP) is 2.80. The summed E-state index contributed by atoms with van der Waals surface area (Å²) >= 11 is 0. The number of aromatic nitrogens is 2. The summed E-state index contributed by atoms with van der Waals surface area (Å²) in [5, 5.41) is 0. The summed E-state index contributed by atoms with van der Waals surface area (Å²) in [5.41, 5.74) is 2.82. The third-order valence-corrected chi connectivity index (χ3v) is 2.66. The highest BCUT2D eigenvalue weighted by Crippen LogP contribution is 2.20. The van der Waals surface area contributed by atoms with Gasteiger partial charge in [-0.15, -0.1) is 0 Å². The fourth-order valence-corrected chi connectivity index (χ4v) is 1.80. The largest absolute Gasteiger partial charge is 0.352 e. The normalized spacial score (nSPS) is 10.9. The van der Waals surface area contributed by atoms with Gasteiger partial charge in [0.1, 0.15) is 0 Å². The molecule has 92 valence electrons. The van der Waals surface area contributed by atoms with Crippen molar-refractivity contribution in [2.24, 2.45) is 0 Å². The molecule has 2 rings (SSSR count). The highest BCUT2D eigenvalue weighted by molar-refractivity contribution is 7.24. The van der Waals surface area contributed by atoms with Crippen LogP contribution in [0.5, 0.6) is 0 Å². The molecule has 0 radical (unpaired) electrons. The number of benzene rings is 1. The van der Waals surface area contributed by atoms with Gasteiger partial charge in [0.05, 0.1) is 12.3 Å². The molecule has 1 N–H and O–H groups in total. The maximum atomic E-state index is 8.66. The van der Waals surface area contributed by atoms with Crippen molar-refractivity contribution in [2.75, 3.05) is 0 Å². The zero-order valence-electron chi connectivity index (χ0n) is 9.71. The van der Waals surface area contributed by atoms with Gasteiger partial charge in [0.2, 0.25) is 0 Å². The molecule has 5 heteroatoms. The zero-order chi connectivity index (χ0) is 12.8. The van der Waals surface area contributed by atoms with E-state index in [1.165, 1.54) is 0 Å². The average Bonchev–Trinajstić information content (AvgIpc) is 2.45. The van der Waals surface area contributed by atoms with Gasteiger partial charge in [-0.2, -0.15) is 0 Å². The summed E-state index contributed by atoms with van der Waals surface area (Å²) in [6, 6.07) is 9.68. The van der Waals surface area contributed by atoms with Crippen molar-refractivity contribution in [2.45, 2.75) is 6.61 Å². The lowest BCUT2D eigenvalue weighted by Gasteiger charge is -2.05. The molecule has 1 atom stereocenters. The lowest BCUT2D eigenvalue weighted by atomic mass is 10.1. The van der Waals surface area contributed by atoms with Crippen LogP contribution < -0.4 is 0 Å². The van der Waals surface area contributed by atoms with Gasteiger partial charge in [-0.3, -0.25) is 0 Å². The molecule has 1 heterocycles. The first kappa shape index (κ1) is 12.8. The Balaban J connectivity index is 2.29. The van der Waals surface area contributed by atoms with Gasteiger partial charge in [-0.05, 0) is 23.8 Å². The topological polar surface area (TPSA) is 55.2 Å². The fourth-order valence-electron chi connectivity index (χ4n) is 1.57. The molecule has 0 aliphatic heterocycles. The van der Waals surface area contributed by atoms with E-state index in [0.717, 1.165) is 16.8 Å². The predicted molar refractivity (Wildman–Crippen MR) is 72.9 cm³/mol. The summed E-state index contributed by atoms with van der Waals surface area (Å²) in [5.74, 6) is 0.603. The molecule has 1 aromatic carbocycles. The van der Waals surface area contributed by atoms with Crippen LogP contribution in [0.3, 0.4) is 0 Å². The Morgan fingerprint density at radius 2 is 2.28 bits per heavy atom. The van der Waals surface area contributed by atoms with E-state index in [9.17, 15) is 0 Å². The van der Waals surface area contributed by atoms with E-state index < -0.39 is 9.03 Å². The first-order valence-electron chi connectivity index (χ1n) is 5.39. The lowest BCUT2D eigenvalue weighted by Crippen LogP contribution is -1.91. The minimum absolute atomic E-state index is 0.391. The molecule has 18 heavy (non-hydrogen) atoms. The van der Waals surface area contributed by atoms with E-state index in [4.69, 9.17) is 9.42 Å². The van der Waals surface area contributed by atoms with Gasteiger partial charge in [0.25, 0.3) is 0 Å². The Kier molecular flexibility index (Phi) is 4.53. The zero-order valence-corrected chi connectivity index (χ0v) is 10.7. The maximum Gasteiger partial charge on any atom is 0.152 e. The van der Waals surface area contributed by atoms with Crippen LogP contribution in [-0.2, 0) is 11.1 Å². The average molecular weight is 260 g/mol.